The molecule has 6 heteroatoms. The number of rotatable bonds is 7. The normalized spacial score (nSPS) is 15.3. The highest BCUT2D eigenvalue weighted by atomic mass is 32.2. The minimum absolute atomic E-state index is 0.0387. The highest BCUT2D eigenvalue weighted by Gasteiger charge is 2.38. The Balaban J connectivity index is 2.27. The zero-order valence-corrected chi connectivity index (χ0v) is 14.3. The summed E-state index contributed by atoms with van der Waals surface area (Å²) in [7, 11) is 0. The molecular weight excluding hydrogens is 317 g/mol. The lowest BCUT2D eigenvalue weighted by Gasteiger charge is -2.16. The van der Waals surface area contributed by atoms with Gasteiger partial charge in [0, 0.05) is 0 Å². The van der Waals surface area contributed by atoms with Crippen molar-refractivity contribution in [3.05, 3.63) is 40.6 Å². The first-order valence-corrected chi connectivity index (χ1v) is 8.55. The summed E-state index contributed by atoms with van der Waals surface area (Å²) in [6.45, 7) is 6.23. The van der Waals surface area contributed by atoms with Crippen molar-refractivity contribution in [2.75, 3.05) is 18.9 Å². The number of carbonyl (C=O) groups is 2. The number of amides is 2. The van der Waals surface area contributed by atoms with E-state index in [2.05, 4.69) is 0 Å². The minimum Gasteiger partial charge on any atom is -0.377 e. The second-order valence-electron chi connectivity index (χ2n) is 5.33. The van der Waals surface area contributed by atoms with Crippen molar-refractivity contribution in [2.24, 2.45) is 0 Å². The Kier molecular flexibility index (Phi) is 5.96. The third-order valence-electron chi connectivity index (χ3n) is 3.31. The highest BCUT2D eigenvalue weighted by molar-refractivity contribution is 8.04. The highest BCUT2D eigenvalue weighted by Crippen LogP contribution is 2.35. The van der Waals surface area contributed by atoms with Gasteiger partial charge in [-0.15, -0.1) is 11.8 Å². The van der Waals surface area contributed by atoms with Gasteiger partial charge in [0.2, 0.25) is 0 Å². The molecule has 124 valence electrons. The van der Waals surface area contributed by atoms with Crippen LogP contribution in [0.1, 0.15) is 26.3 Å². The lowest BCUT2D eigenvalue weighted by Crippen LogP contribution is -2.35. The van der Waals surface area contributed by atoms with Gasteiger partial charge >= 0.3 is 0 Å². The minimum atomic E-state index is -0.377. The fourth-order valence-electron chi connectivity index (χ4n) is 2.29. The van der Waals surface area contributed by atoms with Crippen molar-refractivity contribution in [2.45, 2.75) is 26.9 Å². The first kappa shape index (κ1) is 17.7. The van der Waals surface area contributed by atoms with E-state index in [0.717, 1.165) is 0 Å². The van der Waals surface area contributed by atoms with Crippen LogP contribution in [0.25, 0.3) is 5.57 Å². The van der Waals surface area contributed by atoms with Gasteiger partial charge in [-0.1, -0.05) is 19.1 Å². The van der Waals surface area contributed by atoms with Gasteiger partial charge in [0.25, 0.3) is 11.8 Å². The van der Waals surface area contributed by atoms with E-state index < -0.39 is 0 Å². The fraction of sp³-hybridized carbons (Fsp3) is 0.412. The van der Waals surface area contributed by atoms with Crippen LogP contribution in [0.3, 0.4) is 0 Å². The van der Waals surface area contributed by atoms with Crippen LogP contribution in [0.2, 0.25) is 0 Å². The number of thioether (sulfide) groups is 1. The lowest BCUT2D eigenvalue weighted by atomic mass is 10.1. The number of halogens is 1. The number of imide groups is 1. The van der Waals surface area contributed by atoms with Crippen molar-refractivity contribution < 1.29 is 18.7 Å². The molecular formula is C17H20FNO3S. The van der Waals surface area contributed by atoms with Crippen LogP contribution >= 0.6 is 11.8 Å². The molecule has 0 saturated carbocycles. The van der Waals surface area contributed by atoms with E-state index in [4.69, 9.17) is 4.74 Å². The van der Waals surface area contributed by atoms with Crippen LogP contribution in [0.5, 0.6) is 0 Å². The molecule has 23 heavy (non-hydrogen) atoms. The average Bonchev–Trinajstić information content (AvgIpc) is 2.73. The average molecular weight is 337 g/mol. The molecule has 0 atom stereocenters. The van der Waals surface area contributed by atoms with Crippen molar-refractivity contribution in [1.82, 2.24) is 4.90 Å². The van der Waals surface area contributed by atoms with Gasteiger partial charge in [-0.3, -0.25) is 14.5 Å². The summed E-state index contributed by atoms with van der Waals surface area (Å²) in [5, 5.41) is 0. The quantitative estimate of drug-likeness (QED) is 0.718. The molecule has 1 aliphatic rings. The van der Waals surface area contributed by atoms with Crippen LogP contribution in [0.15, 0.2) is 29.2 Å². The van der Waals surface area contributed by atoms with Gasteiger partial charge in [0.05, 0.1) is 29.7 Å². The first-order valence-electron chi connectivity index (χ1n) is 7.56. The molecule has 0 radical (unpaired) electrons. The predicted octanol–water partition coefficient (Wildman–Crippen LogP) is 3.08. The molecule has 4 nitrogen and oxygen atoms in total. The molecule has 0 bridgehead atoms. The molecule has 0 aromatic heterocycles. The van der Waals surface area contributed by atoms with Crippen LogP contribution in [0, 0.1) is 5.82 Å². The molecule has 2 rings (SSSR count). The number of nitrogens with zero attached hydrogens (tertiary/aromatic N) is 1. The largest absolute Gasteiger partial charge is 0.377 e. The summed E-state index contributed by atoms with van der Waals surface area (Å²) in [6.07, 6.45) is 0.0387. The Hall–Kier alpha value is -1.66. The summed E-state index contributed by atoms with van der Waals surface area (Å²) >= 11 is 1.33. The van der Waals surface area contributed by atoms with Crippen LogP contribution in [-0.4, -0.2) is 41.7 Å². The fourth-order valence-corrected chi connectivity index (χ4v) is 3.16. The maximum Gasteiger partial charge on any atom is 0.268 e. The third-order valence-corrected chi connectivity index (χ3v) is 4.27. The summed E-state index contributed by atoms with van der Waals surface area (Å²) in [5.41, 5.74) is 0.916. The SMILES string of the molecule is CCSC1=C(c2ccc(F)cc2)C(=O)N(CCOC(C)C)C1=O. The van der Waals surface area contributed by atoms with E-state index >= 15 is 0 Å². The van der Waals surface area contributed by atoms with Gasteiger partial charge in [0.15, 0.2) is 0 Å². The molecule has 1 heterocycles. The topological polar surface area (TPSA) is 46.6 Å². The number of hydrogen-bond donors (Lipinski definition) is 0. The second-order valence-corrected chi connectivity index (χ2v) is 6.60. The predicted molar refractivity (Wildman–Crippen MR) is 89.3 cm³/mol. The summed E-state index contributed by atoms with van der Waals surface area (Å²) in [4.78, 5) is 26.8. The molecule has 0 N–H and O–H groups in total. The van der Waals surface area contributed by atoms with E-state index in [1.165, 1.54) is 40.9 Å². The van der Waals surface area contributed by atoms with E-state index in [1.807, 2.05) is 20.8 Å². The monoisotopic (exact) mass is 337 g/mol. The van der Waals surface area contributed by atoms with Gasteiger partial charge in [-0.25, -0.2) is 4.39 Å². The molecule has 0 unspecified atom stereocenters. The van der Waals surface area contributed by atoms with Crippen molar-refractivity contribution in [1.29, 1.82) is 0 Å². The standard InChI is InChI=1S/C17H20FNO3S/c1-4-23-15-14(12-5-7-13(18)8-6-12)16(20)19(17(15)21)9-10-22-11(2)3/h5-8,11H,4,9-10H2,1-3H3. The Morgan fingerprint density at radius 3 is 2.39 bits per heavy atom. The van der Waals surface area contributed by atoms with Crippen LogP contribution < -0.4 is 0 Å². The molecule has 0 spiro atoms. The van der Waals surface area contributed by atoms with Crippen molar-refractivity contribution >= 4 is 29.1 Å². The Labute approximate surface area is 139 Å². The molecule has 1 aromatic carbocycles. The number of ether oxygens (including phenoxy) is 1. The van der Waals surface area contributed by atoms with Gasteiger partial charge < -0.3 is 4.74 Å². The summed E-state index contributed by atoms with van der Waals surface area (Å²) < 4.78 is 18.5. The number of benzene rings is 1. The van der Waals surface area contributed by atoms with Gasteiger partial charge in [-0.2, -0.15) is 0 Å². The molecule has 0 saturated heterocycles. The Bertz CT molecular complexity index is 625. The number of hydrogen-bond acceptors (Lipinski definition) is 4. The van der Waals surface area contributed by atoms with E-state index in [-0.39, 0.29) is 30.3 Å². The maximum atomic E-state index is 13.1. The second kappa shape index (κ2) is 7.75. The first-order chi connectivity index (χ1) is 11.0. The Morgan fingerprint density at radius 2 is 1.83 bits per heavy atom. The maximum absolute atomic E-state index is 13.1. The van der Waals surface area contributed by atoms with Crippen LogP contribution in [0.4, 0.5) is 4.39 Å². The molecule has 0 fully saturated rings. The molecule has 1 aliphatic heterocycles. The number of carbonyl (C=O) groups excluding carboxylic acids is 2. The zero-order chi connectivity index (χ0) is 17.0. The smallest absolute Gasteiger partial charge is 0.268 e. The summed E-state index contributed by atoms with van der Waals surface area (Å²) in [6, 6.07) is 5.64. The third kappa shape index (κ3) is 4.00. The van der Waals surface area contributed by atoms with Crippen LogP contribution in [-0.2, 0) is 14.3 Å². The molecule has 2 amide bonds. The van der Waals surface area contributed by atoms with E-state index in [1.54, 1.807) is 0 Å². The molecule has 1 aromatic rings. The Morgan fingerprint density at radius 1 is 1.17 bits per heavy atom. The zero-order valence-electron chi connectivity index (χ0n) is 13.5. The van der Waals surface area contributed by atoms with E-state index in [0.29, 0.717) is 28.4 Å². The van der Waals surface area contributed by atoms with Crippen molar-refractivity contribution in [3.8, 4) is 0 Å². The molecule has 0 aliphatic carbocycles. The van der Waals surface area contributed by atoms with Gasteiger partial charge in [-0.05, 0) is 37.3 Å². The summed E-state index contributed by atoms with van der Waals surface area (Å²) in [5.74, 6) is -0.341. The lowest BCUT2D eigenvalue weighted by molar-refractivity contribution is -0.137. The van der Waals surface area contributed by atoms with Crippen molar-refractivity contribution in [3.63, 3.8) is 0 Å². The van der Waals surface area contributed by atoms with E-state index in [9.17, 15) is 14.0 Å². The van der Waals surface area contributed by atoms with Gasteiger partial charge in [0.1, 0.15) is 5.82 Å².